The van der Waals surface area contributed by atoms with E-state index in [1.54, 1.807) is 4.31 Å². The van der Waals surface area contributed by atoms with Crippen LogP contribution in [-0.2, 0) is 14.8 Å². The van der Waals surface area contributed by atoms with Gasteiger partial charge in [-0.2, -0.15) is 4.31 Å². The summed E-state index contributed by atoms with van der Waals surface area (Å²) < 4.78 is 27.9. The topological polar surface area (TPSA) is 69.7 Å². The fourth-order valence-electron chi connectivity index (χ4n) is 4.45. The summed E-state index contributed by atoms with van der Waals surface area (Å²) in [5.74, 6) is 0.112. The minimum atomic E-state index is -3.53. The number of hydrogen-bond acceptors (Lipinski definition) is 4. The molecule has 0 radical (unpaired) electrons. The molecule has 2 saturated heterocycles. The Morgan fingerprint density at radius 1 is 1.07 bits per heavy atom. The molecule has 1 unspecified atom stereocenters. The van der Waals surface area contributed by atoms with E-state index in [0.29, 0.717) is 30.8 Å². The Morgan fingerprint density at radius 2 is 1.67 bits per heavy atom. The quantitative estimate of drug-likeness (QED) is 0.851. The summed E-state index contributed by atoms with van der Waals surface area (Å²) in [6.07, 6.45) is 1.19. The van der Waals surface area contributed by atoms with E-state index in [0.717, 1.165) is 36.3 Å². The summed E-state index contributed by atoms with van der Waals surface area (Å²) in [5, 5.41) is 3.30. The Kier molecular flexibility index (Phi) is 5.93. The zero-order chi connectivity index (χ0) is 19.8. The maximum atomic E-state index is 13.2. The molecule has 0 bridgehead atoms. The highest BCUT2D eigenvalue weighted by molar-refractivity contribution is 7.89. The lowest BCUT2D eigenvalue weighted by Gasteiger charge is -2.38. The van der Waals surface area contributed by atoms with E-state index in [1.165, 1.54) is 0 Å². The molecule has 150 valence electrons. The molecule has 2 aliphatic rings. The van der Waals surface area contributed by atoms with Crippen molar-refractivity contribution >= 4 is 15.9 Å². The van der Waals surface area contributed by atoms with E-state index in [4.69, 9.17) is 0 Å². The number of piperidine rings is 1. The van der Waals surface area contributed by atoms with Crippen LogP contribution in [0.25, 0.3) is 0 Å². The van der Waals surface area contributed by atoms with Gasteiger partial charge in [-0.15, -0.1) is 0 Å². The third-order valence-electron chi connectivity index (χ3n) is 5.79. The minimum Gasteiger partial charge on any atom is -0.337 e. The van der Waals surface area contributed by atoms with Crippen molar-refractivity contribution in [1.82, 2.24) is 14.5 Å². The Morgan fingerprint density at radius 3 is 2.22 bits per heavy atom. The predicted octanol–water partition coefficient (Wildman–Crippen LogP) is 1.83. The van der Waals surface area contributed by atoms with Crippen molar-refractivity contribution in [3.63, 3.8) is 0 Å². The number of carbonyl (C=O) groups excluding carboxylic acids is 1. The lowest BCUT2D eigenvalue weighted by molar-refractivity contribution is -0.139. The van der Waals surface area contributed by atoms with Crippen molar-refractivity contribution in [1.29, 1.82) is 0 Å². The molecule has 1 N–H and O–H groups in total. The third-order valence-corrected chi connectivity index (χ3v) is 7.99. The number of benzene rings is 1. The first-order valence-corrected chi connectivity index (χ1v) is 11.2. The van der Waals surface area contributed by atoms with Gasteiger partial charge in [0.2, 0.25) is 15.9 Å². The molecule has 7 heteroatoms. The first kappa shape index (κ1) is 20.3. The molecule has 6 nitrogen and oxygen atoms in total. The molecule has 1 amide bonds. The molecule has 3 rings (SSSR count). The smallest absolute Gasteiger partial charge is 0.243 e. The standard InChI is InChI=1S/C20H31N3O3S/c1-14-11-15(2)19(16(3)12-14)27(25,26)22-8-5-18(6-9-22)20(24)23-10-7-21-13-17(23)4/h11-12,17-18,21H,5-10,13H2,1-4H3. The van der Waals surface area contributed by atoms with E-state index >= 15 is 0 Å². The van der Waals surface area contributed by atoms with Crippen molar-refractivity contribution in [2.24, 2.45) is 5.92 Å². The van der Waals surface area contributed by atoms with Gasteiger partial charge in [-0.25, -0.2) is 8.42 Å². The van der Waals surface area contributed by atoms with Crippen molar-refractivity contribution in [3.8, 4) is 0 Å². The monoisotopic (exact) mass is 393 g/mol. The Balaban J connectivity index is 1.71. The second-order valence-corrected chi connectivity index (χ2v) is 9.87. The molecule has 0 saturated carbocycles. The largest absolute Gasteiger partial charge is 0.337 e. The number of amides is 1. The van der Waals surface area contributed by atoms with Crippen LogP contribution < -0.4 is 5.32 Å². The van der Waals surface area contributed by atoms with Crippen LogP contribution in [0.5, 0.6) is 0 Å². The average Bonchev–Trinajstić information content (AvgIpc) is 2.60. The molecular weight excluding hydrogens is 362 g/mol. The van der Waals surface area contributed by atoms with Gasteiger partial charge in [-0.05, 0) is 51.7 Å². The number of sulfonamides is 1. The van der Waals surface area contributed by atoms with Gasteiger partial charge in [0.1, 0.15) is 0 Å². The van der Waals surface area contributed by atoms with Crippen LogP contribution in [0.4, 0.5) is 0 Å². The highest BCUT2D eigenvalue weighted by Gasteiger charge is 2.36. The van der Waals surface area contributed by atoms with E-state index in [9.17, 15) is 13.2 Å². The number of carbonyl (C=O) groups is 1. The molecule has 2 fully saturated rings. The van der Waals surface area contributed by atoms with Gasteiger partial charge in [-0.3, -0.25) is 4.79 Å². The minimum absolute atomic E-state index is 0.0720. The average molecular weight is 394 g/mol. The zero-order valence-corrected chi connectivity index (χ0v) is 17.6. The number of piperazine rings is 1. The van der Waals surface area contributed by atoms with Gasteiger partial charge in [0, 0.05) is 44.7 Å². The van der Waals surface area contributed by atoms with E-state index in [-0.39, 0.29) is 17.9 Å². The summed E-state index contributed by atoms with van der Waals surface area (Å²) in [4.78, 5) is 15.2. The maximum absolute atomic E-state index is 13.2. The highest BCUT2D eigenvalue weighted by atomic mass is 32.2. The Labute approximate surface area is 163 Å². The maximum Gasteiger partial charge on any atom is 0.243 e. The van der Waals surface area contributed by atoms with Gasteiger partial charge >= 0.3 is 0 Å². The number of rotatable bonds is 3. The second kappa shape index (κ2) is 7.89. The molecule has 27 heavy (non-hydrogen) atoms. The van der Waals surface area contributed by atoms with Crippen LogP contribution >= 0.6 is 0 Å². The van der Waals surface area contributed by atoms with Gasteiger partial charge in [0.15, 0.2) is 0 Å². The summed E-state index contributed by atoms with van der Waals surface area (Å²) in [7, 11) is -3.53. The summed E-state index contributed by atoms with van der Waals surface area (Å²) in [6.45, 7) is 11.0. The van der Waals surface area contributed by atoms with Crippen molar-refractivity contribution in [2.75, 3.05) is 32.7 Å². The van der Waals surface area contributed by atoms with E-state index in [1.807, 2.05) is 37.8 Å². The molecule has 1 aromatic carbocycles. The molecule has 0 aromatic heterocycles. The van der Waals surface area contributed by atoms with Crippen LogP contribution in [0.3, 0.4) is 0 Å². The Hall–Kier alpha value is -1.44. The van der Waals surface area contributed by atoms with Crippen LogP contribution in [0, 0.1) is 26.7 Å². The van der Waals surface area contributed by atoms with Gasteiger partial charge in [0.05, 0.1) is 4.90 Å². The third kappa shape index (κ3) is 4.05. The highest BCUT2D eigenvalue weighted by Crippen LogP contribution is 2.29. The fourth-order valence-corrected chi connectivity index (χ4v) is 6.33. The zero-order valence-electron chi connectivity index (χ0n) is 16.8. The van der Waals surface area contributed by atoms with Gasteiger partial charge in [0.25, 0.3) is 0 Å². The molecule has 0 spiro atoms. The normalized spacial score (nSPS) is 22.8. The molecule has 2 heterocycles. The number of nitrogens with one attached hydrogen (secondary N) is 1. The van der Waals surface area contributed by atoms with Gasteiger partial charge < -0.3 is 10.2 Å². The number of nitrogens with zero attached hydrogens (tertiary/aromatic N) is 2. The first-order chi connectivity index (χ1) is 12.7. The second-order valence-electron chi connectivity index (χ2n) is 7.99. The molecule has 1 atom stereocenters. The summed E-state index contributed by atoms with van der Waals surface area (Å²) >= 11 is 0. The lowest BCUT2D eigenvalue weighted by Crippen LogP contribution is -2.55. The first-order valence-electron chi connectivity index (χ1n) is 9.81. The Bertz CT molecular complexity index is 791. The van der Waals surface area contributed by atoms with Crippen molar-refractivity contribution < 1.29 is 13.2 Å². The fraction of sp³-hybridized carbons (Fsp3) is 0.650. The van der Waals surface area contributed by atoms with Crippen LogP contribution in [0.15, 0.2) is 17.0 Å². The molecule has 1 aromatic rings. The van der Waals surface area contributed by atoms with Crippen LogP contribution in [0.1, 0.15) is 36.5 Å². The summed E-state index contributed by atoms with van der Waals surface area (Å²) in [6, 6.07) is 4.04. The molecule has 2 aliphatic heterocycles. The predicted molar refractivity (Wildman–Crippen MR) is 106 cm³/mol. The molecular formula is C20H31N3O3S. The van der Waals surface area contributed by atoms with E-state index in [2.05, 4.69) is 12.2 Å². The van der Waals surface area contributed by atoms with E-state index < -0.39 is 10.0 Å². The number of aryl methyl sites for hydroxylation is 3. The SMILES string of the molecule is Cc1cc(C)c(S(=O)(=O)N2CCC(C(=O)N3CCNCC3C)CC2)c(C)c1. The van der Waals surface area contributed by atoms with Gasteiger partial charge in [-0.1, -0.05) is 17.7 Å². The lowest BCUT2D eigenvalue weighted by atomic mass is 9.95. The number of hydrogen-bond donors (Lipinski definition) is 1. The molecule has 0 aliphatic carbocycles. The summed E-state index contributed by atoms with van der Waals surface area (Å²) in [5.41, 5.74) is 2.65. The van der Waals surface area contributed by atoms with Crippen LogP contribution in [0.2, 0.25) is 0 Å². The van der Waals surface area contributed by atoms with Crippen molar-refractivity contribution in [3.05, 3.63) is 28.8 Å². The van der Waals surface area contributed by atoms with Crippen LogP contribution in [-0.4, -0.2) is 62.3 Å². The van der Waals surface area contributed by atoms with Crippen molar-refractivity contribution in [2.45, 2.75) is 51.5 Å².